The summed E-state index contributed by atoms with van der Waals surface area (Å²) in [4.78, 5) is 8.51. The van der Waals surface area contributed by atoms with Gasteiger partial charge in [0.05, 0.1) is 19.5 Å². The van der Waals surface area contributed by atoms with Gasteiger partial charge in [-0.25, -0.2) is 18.7 Å². The molecule has 3 aromatic carbocycles. The van der Waals surface area contributed by atoms with E-state index in [9.17, 15) is 8.78 Å². The van der Waals surface area contributed by atoms with Crippen molar-refractivity contribution >= 4 is 10.8 Å². The second-order valence-corrected chi connectivity index (χ2v) is 6.10. The highest BCUT2D eigenvalue weighted by molar-refractivity contribution is 5.84. The van der Waals surface area contributed by atoms with Crippen molar-refractivity contribution in [3.05, 3.63) is 89.8 Å². The Kier molecular flexibility index (Phi) is 4.69. The van der Waals surface area contributed by atoms with E-state index < -0.39 is 11.6 Å². The van der Waals surface area contributed by atoms with Crippen molar-refractivity contribution in [2.45, 2.75) is 0 Å². The second-order valence-electron chi connectivity index (χ2n) is 6.10. The molecule has 0 N–H and O–H groups in total. The van der Waals surface area contributed by atoms with Crippen molar-refractivity contribution in [1.82, 2.24) is 9.97 Å². The van der Waals surface area contributed by atoms with Gasteiger partial charge in [-0.1, -0.05) is 17.9 Å². The monoisotopic (exact) mass is 372 g/mol. The third-order valence-electron chi connectivity index (χ3n) is 4.24. The molecule has 0 fully saturated rings. The molecule has 0 aliphatic rings. The standard InChI is InChI=1S/C23H14F2N2O/c1-28-20-13-26-23(27-14-20)17-7-4-15(5-8-17)2-3-16-6-9-18-11-21(24)22(25)12-19(18)10-16/h4-14H,1H3. The Balaban J connectivity index is 1.57. The van der Waals surface area contributed by atoms with Crippen LogP contribution in [-0.2, 0) is 0 Å². The molecule has 4 rings (SSSR count). The van der Waals surface area contributed by atoms with Crippen molar-refractivity contribution < 1.29 is 13.5 Å². The molecule has 136 valence electrons. The summed E-state index contributed by atoms with van der Waals surface area (Å²) in [7, 11) is 1.57. The van der Waals surface area contributed by atoms with Gasteiger partial charge in [0.2, 0.25) is 0 Å². The lowest BCUT2D eigenvalue weighted by Gasteiger charge is -2.02. The van der Waals surface area contributed by atoms with Crippen LogP contribution in [0.25, 0.3) is 22.2 Å². The van der Waals surface area contributed by atoms with Gasteiger partial charge in [0.25, 0.3) is 0 Å². The Bertz CT molecular complexity index is 1210. The average molecular weight is 372 g/mol. The zero-order valence-electron chi connectivity index (χ0n) is 14.9. The van der Waals surface area contributed by atoms with Crippen molar-refractivity contribution in [3.63, 3.8) is 0 Å². The van der Waals surface area contributed by atoms with E-state index in [1.165, 1.54) is 12.1 Å². The van der Waals surface area contributed by atoms with E-state index in [-0.39, 0.29) is 0 Å². The summed E-state index contributed by atoms with van der Waals surface area (Å²) in [5, 5.41) is 1.24. The predicted molar refractivity (Wildman–Crippen MR) is 104 cm³/mol. The number of methoxy groups -OCH3 is 1. The maximum Gasteiger partial charge on any atom is 0.159 e. The van der Waals surface area contributed by atoms with Gasteiger partial charge in [-0.05, 0) is 59.3 Å². The van der Waals surface area contributed by atoms with E-state index in [0.29, 0.717) is 22.3 Å². The Hall–Kier alpha value is -3.78. The highest BCUT2D eigenvalue weighted by Crippen LogP contribution is 2.20. The highest BCUT2D eigenvalue weighted by atomic mass is 19.2. The fraction of sp³-hybridized carbons (Fsp3) is 0.0435. The zero-order valence-corrected chi connectivity index (χ0v) is 14.9. The molecule has 0 amide bonds. The topological polar surface area (TPSA) is 35.0 Å². The van der Waals surface area contributed by atoms with E-state index in [1.54, 1.807) is 37.7 Å². The lowest BCUT2D eigenvalue weighted by molar-refractivity contribution is 0.411. The van der Waals surface area contributed by atoms with Crippen LogP contribution in [0.5, 0.6) is 5.75 Å². The lowest BCUT2D eigenvalue weighted by atomic mass is 10.1. The van der Waals surface area contributed by atoms with Crippen molar-refractivity contribution in [2.75, 3.05) is 7.11 Å². The fourth-order valence-electron chi connectivity index (χ4n) is 2.74. The summed E-state index contributed by atoms with van der Waals surface area (Å²) in [5.74, 6) is 5.60. The number of ether oxygens (including phenoxy) is 1. The summed E-state index contributed by atoms with van der Waals surface area (Å²) in [6.45, 7) is 0. The Morgan fingerprint density at radius 1 is 0.750 bits per heavy atom. The number of fused-ring (bicyclic) bond motifs is 1. The molecule has 28 heavy (non-hydrogen) atoms. The van der Waals surface area contributed by atoms with Gasteiger partial charge in [-0.2, -0.15) is 0 Å². The molecule has 5 heteroatoms. The number of hydrogen-bond donors (Lipinski definition) is 0. The number of halogens is 2. The molecular formula is C23H14F2N2O. The number of nitrogens with zero attached hydrogens (tertiary/aromatic N) is 2. The van der Waals surface area contributed by atoms with Crippen LogP contribution in [0.1, 0.15) is 11.1 Å². The van der Waals surface area contributed by atoms with Crippen molar-refractivity contribution in [1.29, 1.82) is 0 Å². The molecule has 0 spiro atoms. The number of benzene rings is 3. The van der Waals surface area contributed by atoms with E-state index >= 15 is 0 Å². The van der Waals surface area contributed by atoms with Crippen LogP contribution in [0.3, 0.4) is 0 Å². The van der Waals surface area contributed by atoms with Crippen LogP contribution in [-0.4, -0.2) is 17.1 Å². The maximum atomic E-state index is 13.4. The Morgan fingerprint density at radius 2 is 1.36 bits per heavy atom. The molecule has 0 saturated carbocycles. The molecule has 0 unspecified atom stereocenters. The number of hydrogen-bond acceptors (Lipinski definition) is 3. The molecule has 0 bridgehead atoms. The number of aromatic nitrogens is 2. The quantitative estimate of drug-likeness (QED) is 0.465. The van der Waals surface area contributed by atoms with Crippen molar-refractivity contribution in [3.8, 4) is 29.0 Å². The largest absolute Gasteiger partial charge is 0.494 e. The minimum Gasteiger partial charge on any atom is -0.494 e. The molecule has 1 aromatic heterocycles. The number of rotatable bonds is 2. The molecule has 0 radical (unpaired) electrons. The maximum absolute atomic E-state index is 13.4. The normalized spacial score (nSPS) is 10.4. The van der Waals surface area contributed by atoms with Crippen LogP contribution < -0.4 is 4.74 Å². The average Bonchev–Trinajstić information content (AvgIpc) is 2.73. The summed E-state index contributed by atoms with van der Waals surface area (Å²) in [6.07, 6.45) is 3.23. The smallest absolute Gasteiger partial charge is 0.159 e. The van der Waals surface area contributed by atoms with Gasteiger partial charge in [0, 0.05) is 16.7 Å². The van der Waals surface area contributed by atoms with Gasteiger partial charge in [-0.3, -0.25) is 0 Å². The third-order valence-corrected chi connectivity index (χ3v) is 4.24. The Labute approximate surface area is 160 Å². The van der Waals surface area contributed by atoms with E-state index in [2.05, 4.69) is 21.8 Å². The van der Waals surface area contributed by atoms with Gasteiger partial charge in [-0.15, -0.1) is 0 Å². The summed E-state index contributed by atoms with van der Waals surface area (Å²) >= 11 is 0. The first-order chi connectivity index (χ1) is 13.6. The van der Waals surface area contributed by atoms with Crippen LogP contribution in [0.2, 0.25) is 0 Å². The molecule has 3 nitrogen and oxygen atoms in total. The third kappa shape index (κ3) is 3.67. The molecule has 4 aromatic rings. The van der Waals surface area contributed by atoms with Crippen LogP contribution in [0.4, 0.5) is 8.78 Å². The minimum atomic E-state index is -0.867. The molecule has 0 atom stereocenters. The zero-order chi connectivity index (χ0) is 19.5. The molecule has 1 heterocycles. The molecule has 0 saturated heterocycles. The summed E-state index contributed by atoms with van der Waals surface area (Å²) < 4.78 is 31.8. The minimum absolute atomic E-state index is 0.601. The first-order valence-corrected chi connectivity index (χ1v) is 8.50. The second kappa shape index (κ2) is 7.45. The van der Waals surface area contributed by atoms with Gasteiger partial charge in [0.1, 0.15) is 0 Å². The predicted octanol–water partition coefficient (Wildman–Crippen LogP) is 4.98. The van der Waals surface area contributed by atoms with E-state index in [4.69, 9.17) is 4.74 Å². The van der Waals surface area contributed by atoms with E-state index in [0.717, 1.165) is 16.7 Å². The van der Waals surface area contributed by atoms with Crippen LogP contribution in [0, 0.1) is 23.5 Å². The molecular weight excluding hydrogens is 358 g/mol. The lowest BCUT2D eigenvalue weighted by Crippen LogP contribution is -1.91. The summed E-state index contributed by atoms with van der Waals surface area (Å²) in [6, 6.07) is 15.2. The summed E-state index contributed by atoms with van der Waals surface area (Å²) in [5.41, 5.74) is 2.42. The van der Waals surface area contributed by atoms with Gasteiger partial charge >= 0.3 is 0 Å². The fourth-order valence-corrected chi connectivity index (χ4v) is 2.74. The first-order valence-electron chi connectivity index (χ1n) is 8.50. The SMILES string of the molecule is COc1cnc(-c2ccc(C#Cc3ccc4cc(F)c(F)cc4c3)cc2)nc1. The van der Waals surface area contributed by atoms with Crippen LogP contribution in [0.15, 0.2) is 67.0 Å². The van der Waals surface area contributed by atoms with Gasteiger partial charge in [0.15, 0.2) is 23.2 Å². The molecule has 0 aliphatic carbocycles. The van der Waals surface area contributed by atoms with Crippen molar-refractivity contribution in [2.24, 2.45) is 0 Å². The Morgan fingerprint density at radius 3 is 2.04 bits per heavy atom. The highest BCUT2D eigenvalue weighted by Gasteiger charge is 2.04. The molecule has 0 aliphatic heterocycles. The first kappa shape index (κ1) is 17.6. The van der Waals surface area contributed by atoms with Gasteiger partial charge < -0.3 is 4.74 Å². The van der Waals surface area contributed by atoms with Crippen LogP contribution >= 0.6 is 0 Å². The van der Waals surface area contributed by atoms with E-state index in [1.807, 2.05) is 24.3 Å².